The summed E-state index contributed by atoms with van der Waals surface area (Å²) in [7, 11) is 1.29. The number of amides is 1. The van der Waals surface area contributed by atoms with Crippen molar-refractivity contribution >= 4 is 33.9 Å². The van der Waals surface area contributed by atoms with Crippen LogP contribution in [0.3, 0.4) is 0 Å². The smallest absolute Gasteiger partial charge is 0.341 e. The van der Waals surface area contributed by atoms with Gasteiger partial charge in [-0.05, 0) is 31.5 Å². The number of nitro benzene ring substituents is 1. The maximum atomic E-state index is 12.6. The Bertz CT molecular complexity index is 1090. The Morgan fingerprint density at radius 3 is 2.21 bits per heavy atom. The summed E-state index contributed by atoms with van der Waals surface area (Å²) in [5.74, 6) is -1.02. The van der Waals surface area contributed by atoms with E-state index < -0.39 is 16.8 Å². The van der Waals surface area contributed by atoms with Crippen LogP contribution in [0.4, 0.5) is 10.7 Å². The molecule has 0 fully saturated rings. The van der Waals surface area contributed by atoms with Gasteiger partial charge >= 0.3 is 5.97 Å². The molecule has 0 radical (unpaired) electrons. The van der Waals surface area contributed by atoms with Crippen LogP contribution < -0.4 is 5.32 Å². The second-order valence-corrected chi connectivity index (χ2v) is 7.58. The number of ether oxygens (including phenoxy) is 1. The topological polar surface area (TPSA) is 98.5 Å². The third-order valence-electron chi connectivity index (χ3n) is 4.38. The van der Waals surface area contributed by atoms with Gasteiger partial charge in [0.2, 0.25) is 0 Å². The van der Waals surface area contributed by atoms with Crippen molar-refractivity contribution in [2.75, 3.05) is 12.4 Å². The summed E-state index contributed by atoms with van der Waals surface area (Å²) >= 11 is 1.27. The van der Waals surface area contributed by atoms with Crippen LogP contribution in [0.1, 0.15) is 31.2 Å². The first-order valence-corrected chi connectivity index (χ1v) is 9.48. The quantitative estimate of drug-likeness (QED) is 0.363. The van der Waals surface area contributed by atoms with Gasteiger partial charge < -0.3 is 10.1 Å². The first kappa shape index (κ1) is 20.2. The minimum Gasteiger partial charge on any atom is -0.465 e. The first-order chi connectivity index (χ1) is 13.8. The largest absolute Gasteiger partial charge is 0.465 e. The van der Waals surface area contributed by atoms with Gasteiger partial charge in [-0.1, -0.05) is 29.8 Å². The van der Waals surface area contributed by atoms with Crippen LogP contribution >= 0.6 is 11.3 Å². The molecule has 0 aliphatic rings. The maximum absolute atomic E-state index is 12.6. The number of nitro groups is 1. The number of aryl methyl sites for hydroxylation is 2. The Kier molecular flexibility index (Phi) is 5.74. The van der Waals surface area contributed by atoms with Crippen LogP contribution in [-0.2, 0) is 4.74 Å². The summed E-state index contributed by atoms with van der Waals surface area (Å²) in [4.78, 5) is 36.2. The maximum Gasteiger partial charge on any atom is 0.341 e. The Balaban J connectivity index is 1.99. The van der Waals surface area contributed by atoms with E-state index >= 15 is 0 Å². The third-order valence-corrected chi connectivity index (χ3v) is 5.40. The lowest BCUT2D eigenvalue weighted by atomic mass is 10.0. The number of non-ortho nitro benzene ring substituents is 1. The van der Waals surface area contributed by atoms with Gasteiger partial charge in [-0.2, -0.15) is 0 Å². The van der Waals surface area contributed by atoms with Crippen LogP contribution in [0.2, 0.25) is 0 Å². The molecular formula is C21H18N2O5S. The highest BCUT2D eigenvalue weighted by Gasteiger charge is 2.25. The summed E-state index contributed by atoms with van der Waals surface area (Å²) in [6.07, 6.45) is 0. The van der Waals surface area contributed by atoms with Gasteiger partial charge in [-0.3, -0.25) is 14.9 Å². The van der Waals surface area contributed by atoms with E-state index in [1.807, 2.05) is 38.1 Å². The van der Waals surface area contributed by atoms with E-state index in [1.54, 1.807) is 0 Å². The molecule has 0 atom stereocenters. The zero-order chi connectivity index (χ0) is 21.1. The molecule has 148 valence electrons. The van der Waals surface area contributed by atoms with E-state index in [0.717, 1.165) is 16.0 Å². The number of thiophene rings is 1. The second kappa shape index (κ2) is 8.24. The normalized spacial score (nSPS) is 10.4. The number of carbonyl (C=O) groups is 2. The van der Waals surface area contributed by atoms with E-state index in [0.29, 0.717) is 10.6 Å². The number of carbonyl (C=O) groups excluding carboxylic acids is 2. The van der Waals surface area contributed by atoms with Crippen molar-refractivity contribution in [2.45, 2.75) is 13.8 Å². The molecule has 2 aromatic carbocycles. The minimum absolute atomic E-state index is 0.106. The molecule has 1 N–H and O–H groups in total. The zero-order valence-corrected chi connectivity index (χ0v) is 16.8. The lowest BCUT2D eigenvalue weighted by Gasteiger charge is -2.08. The molecule has 1 amide bonds. The summed E-state index contributed by atoms with van der Waals surface area (Å²) in [5, 5.41) is 13.9. The number of hydrogen-bond acceptors (Lipinski definition) is 6. The van der Waals surface area contributed by atoms with Crippen LogP contribution in [0.25, 0.3) is 11.1 Å². The van der Waals surface area contributed by atoms with Crippen molar-refractivity contribution in [3.8, 4) is 11.1 Å². The predicted molar refractivity (Wildman–Crippen MR) is 112 cm³/mol. The molecule has 3 aromatic rings. The van der Waals surface area contributed by atoms with E-state index in [1.165, 1.54) is 42.7 Å². The van der Waals surface area contributed by atoms with Crippen molar-refractivity contribution in [1.29, 1.82) is 0 Å². The highest BCUT2D eigenvalue weighted by molar-refractivity contribution is 7.17. The molecule has 3 rings (SSSR count). The average Bonchev–Trinajstić information content (AvgIpc) is 3.03. The molecule has 0 spiro atoms. The number of anilines is 1. The van der Waals surface area contributed by atoms with Crippen molar-refractivity contribution in [2.24, 2.45) is 0 Å². The van der Waals surface area contributed by atoms with Gasteiger partial charge in [-0.15, -0.1) is 11.3 Å². The van der Waals surface area contributed by atoms with Gasteiger partial charge in [-0.25, -0.2) is 4.79 Å². The predicted octanol–water partition coefficient (Wildman–Crippen LogP) is 4.98. The second-order valence-electron chi connectivity index (χ2n) is 6.35. The third kappa shape index (κ3) is 4.17. The molecule has 0 unspecified atom stereocenters. The van der Waals surface area contributed by atoms with Crippen LogP contribution in [0.15, 0.2) is 48.5 Å². The van der Waals surface area contributed by atoms with Crippen LogP contribution in [-0.4, -0.2) is 23.9 Å². The number of hydrogen-bond donors (Lipinski definition) is 1. The fourth-order valence-corrected chi connectivity index (χ4v) is 3.97. The van der Waals surface area contributed by atoms with Crippen molar-refractivity contribution in [3.63, 3.8) is 0 Å². The van der Waals surface area contributed by atoms with Gasteiger partial charge in [0.05, 0.1) is 12.0 Å². The van der Waals surface area contributed by atoms with Crippen molar-refractivity contribution in [3.05, 3.63) is 80.2 Å². The fourth-order valence-electron chi connectivity index (χ4n) is 2.91. The Hall–Kier alpha value is -3.52. The molecule has 0 saturated heterocycles. The van der Waals surface area contributed by atoms with E-state index in [2.05, 4.69) is 5.32 Å². The summed E-state index contributed by atoms with van der Waals surface area (Å²) in [6.45, 7) is 3.84. The summed E-state index contributed by atoms with van der Waals surface area (Å²) in [5.41, 5.74) is 3.07. The van der Waals surface area contributed by atoms with Crippen molar-refractivity contribution < 1.29 is 19.2 Å². The Morgan fingerprint density at radius 2 is 1.66 bits per heavy atom. The molecule has 7 nitrogen and oxygen atoms in total. The highest BCUT2D eigenvalue weighted by atomic mass is 32.1. The lowest BCUT2D eigenvalue weighted by Crippen LogP contribution is -2.14. The molecule has 0 aliphatic heterocycles. The number of benzene rings is 2. The van der Waals surface area contributed by atoms with Crippen molar-refractivity contribution in [1.82, 2.24) is 0 Å². The SMILES string of the molecule is COC(=O)c1c(NC(=O)c2ccc([N+](=O)[O-])cc2)sc(C)c1-c1ccc(C)cc1. The first-order valence-electron chi connectivity index (χ1n) is 8.66. The molecule has 0 aliphatic carbocycles. The fraction of sp³-hybridized carbons (Fsp3) is 0.143. The molecule has 0 bridgehead atoms. The van der Waals surface area contributed by atoms with Gasteiger partial charge in [0, 0.05) is 28.1 Å². The van der Waals surface area contributed by atoms with Gasteiger partial charge in [0.1, 0.15) is 10.6 Å². The van der Waals surface area contributed by atoms with E-state index in [-0.39, 0.29) is 16.8 Å². The number of methoxy groups -OCH3 is 1. The Morgan fingerprint density at radius 1 is 1.03 bits per heavy atom. The number of esters is 1. The molecule has 1 heterocycles. The number of rotatable bonds is 5. The highest BCUT2D eigenvalue weighted by Crippen LogP contribution is 2.40. The zero-order valence-electron chi connectivity index (χ0n) is 16.0. The van der Waals surface area contributed by atoms with E-state index in [9.17, 15) is 19.7 Å². The van der Waals surface area contributed by atoms with Crippen LogP contribution in [0, 0.1) is 24.0 Å². The monoisotopic (exact) mass is 410 g/mol. The molecular weight excluding hydrogens is 392 g/mol. The minimum atomic E-state index is -0.552. The summed E-state index contributed by atoms with van der Waals surface area (Å²) in [6, 6.07) is 13.0. The lowest BCUT2D eigenvalue weighted by molar-refractivity contribution is -0.384. The van der Waals surface area contributed by atoms with Gasteiger partial charge in [0.25, 0.3) is 11.6 Å². The Labute approximate surface area is 171 Å². The number of nitrogens with zero attached hydrogens (tertiary/aromatic N) is 1. The molecule has 0 saturated carbocycles. The van der Waals surface area contributed by atoms with Crippen LogP contribution in [0.5, 0.6) is 0 Å². The van der Waals surface area contributed by atoms with Gasteiger partial charge in [0.15, 0.2) is 0 Å². The number of nitrogens with one attached hydrogen (secondary N) is 1. The van der Waals surface area contributed by atoms with E-state index in [4.69, 9.17) is 4.74 Å². The molecule has 1 aromatic heterocycles. The standard InChI is InChI=1S/C21H18N2O5S/c1-12-4-6-14(7-5-12)17-13(2)29-20(18(17)21(25)28-3)22-19(24)15-8-10-16(11-9-15)23(26)27/h4-11H,1-3H3,(H,22,24). The average molecular weight is 410 g/mol. The molecule has 29 heavy (non-hydrogen) atoms. The molecule has 8 heteroatoms. The summed E-state index contributed by atoms with van der Waals surface area (Å²) < 4.78 is 4.95.